The highest BCUT2D eigenvalue weighted by Crippen LogP contribution is 2.16. The molecule has 8 nitrogen and oxygen atoms in total. The maximum Gasteiger partial charge on any atom is 0.291 e. The van der Waals surface area contributed by atoms with Gasteiger partial charge in [-0.3, -0.25) is 19.4 Å². The van der Waals surface area contributed by atoms with Gasteiger partial charge in [-0.05, 0) is 57.9 Å². The molecule has 0 saturated carbocycles. The smallest absolute Gasteiger partial charge is 0.291 e. The zero-order valence-electron chi connectivity index (χ0n) is 15.9. The molecule has 3 aromatic rings. The van der Waals surface area contributed by atoms with Gasteiger partial charge in [0.25, 0.3) is 11.8 Å². The molecule has 0 fully saturated rings. The lowest BCUT2D eigenvalue weighted by molar-refractivity contribution is -0.120. The number of nitrogens with zero attached hydrogens (tertiary/aromatic N) is 1. The van der Waals surface area contributed by atoms with Crippen LogP contribution >= 0.6 is 15.9 Å². The molecule has 2 heterocycles. The van der Waals surface area contributed by atoms with Crippen LogP contribution in [0.1, 0.15) is 26.5 Å². The fraction of sp³-hybridized carbons (Fsp3) is 0.143. The molecule has 0 unspecified atom stereocenters. The van der Waals surface area contributed by atoms with E-state index in [1.54, 1.807) is 54.7 Å². The minimum absolute atomic E-state index is 0.164. The van der Waals surface area contributed by atoms with Crippen molar-refractivity contribution in [3.8, 4) is 0 Å². The van der Waals surface area contributed by atoms with Gasteiger partial charge in [0.05, 0.1) is 12.0 Å². The van der Waals surface area contributed by atoms with Gasteiger partial charge in [-0.25, -0.2) is 0 Å². The Labute approximate surface area is 181 Å². The summed E-state index contributed by atoms with van der Waals surface area (Å²) in [6, 6.07) is 13.5. The van der Waals surface area contributed by atoms with E-state index in [9.17, 15) is 14.4 Å². The van der Waals surface area contributed by atoms with Crippen LogP contribution in [-0.2, 0) is 11.2 Å². The van der Waals surface area contributed by atoms with Gasteiger partial charge in [0.15, 0.2) is 10.4 Å². The number of rotatable bonds is 8. The van der Waals surface area contributed by atoms with E-state index in [0.717, 1.165) is 5.56 Å². The van der Waals surface area contributed by atoms with E-state index in [4.69, 9.17) is 4.42 Å². The second kappa shape index (κ2) is 10.4. The molecule has 30 heavy (non-hydrogen) atoms. The minimum Gasteiger partial charge on any atom is -0.444 e. The van der Waals surface area contributed by atoms with Gasteiger partial charge in [-0.15, -0.1) is 0 Å². The van der Waals surface area contributed by atoms with Gasteiger partial charge in [-0.2, -0.15) is 0 Å². The van der Waals surface area contributed by atoms with Crippen LogP contribution in [0.15, 0.2) is 70.0 Å². The molecule has 154 valence electrons. The molecule has 1 aromatic carbocycles. The molecule has 0 aliphatic rings. The third kappa shape index (κ3) is 6.28. The van der Waals surface area contributed by atoms with Crippen LogP contribution in [0.4, 0.5) is 5.69 Å². The fourth-order valence-electron chi connectivity index (χ4n) is 2.56. The average molecular weight is 471 g/mol. The van der Waals surface area contributed by atoms with Crippen LogP contribution in [0.3, 0.4) is 0 Å². The topological polar surface area (TPSA) is 113 Å². The summed E-state index contributed by atoms with van der Waals surface area (Å²) in [5.41, 5.74) is 1.86. The van der Waals surface area contributed by atoms with E-state index >= 15 is 0 Å². The van der Waals surface area contributed by atoms with Gasteiger partial charge in [0.2, 0.25) is 5.91 Å². The predicted molar refractivity (Wildman–Crippen MR) is 114 cm³/mol. The number of pyridine rings is 1. The molecule has 9 heteroatoms. The van der Waals surface area contributed by atoms with E-state index in [-0.39, 0.29) is 29.9 Å². The largest absolute Gasteiger partial charge is 0.444 e. The summed E-state index contributed by atoms with van der Waals surface area (Å²) in [5.74, 6) is -0.569. The summed E-state index contributed by atoms with van der Waals surface area (Å²) in [5, 5.41) is 8.19. The highest BCUT2D eigenvalue weighted by molar-refractivity contribution is 9.10. The maximum absolute atomic E-state index is 12.1. The van der Waals surface area contributed by atoms with E-state index in [1.807, 2.05) is 0 Å². The Morgan fingerprint density at radius 1 is 0.933 bits per heavy atom. The zero-order valence-corrected chi connectivity index (χ0v) is 17.4. The van der Waals surface area contributed by atoms with Crippen molar-refractivity contribution in [3.05, 3.63) is 82.5 Å². The number of carbonyl (C=O) groups excluding carboxylic acids is 3. The number of nitrogens with one attached hydrogen (secondary N) is 3. The normalized spacial score (nSPS) is 10.3. The number of halogens is 1. The second-order valence-corrected chi connectivity index (χ2v) is 7.06. The van der Waals surface area contributed by atoms with Crippen LogP contribution in [0, 0.1) is 0 Å². The molecule has 0 spiro atoms. The number of furan rings is 1. The Balaban J connectivity index is 1.39. The summed E-state index contributed by atoms with van der Waals surface area (Å²) < 4.78 is 5.68. The summed E-state index contributed by atoms with van der Waals surface area (Å²) in [7, 11) is 0. The van der Waals surface area contributed by atoms with E-state index in [2.05, 4.69) is 36.9 Å². The molecule has 3 N–H and O–H groups in total. The molecule has 0 radical (unpaired) electrons. The highest BCUT2D eigenvalue weighted by Gasteiger charge is 2.11. The first kappa shape index (κ1) is 21.3. The third-order valence-corrected chi connectivity index (χ3v) is 4.46. The lowest BCUT2D eigenvalue weighted by Gasteiger charge is -2.08. The lowest BCUT2D eigenvalue weighted by Crippen LogP contribution is -2.35. The highest BCUT2D eigenvalue weighted by atomic mass is 79.9. The minimum atomic E-state index is -0.362. The molecule has 2 aromatic heterocycles. The number of amides is 3. The first-order valence-corrected chi connectivity index (χ1v) is 9.91. The van der Waals surface area contributed by atoms with Crippen molar-refractivity contribution in [3.63, 3.8) is 0 Å². The first-order chi connectivity index (χ1) is 14.5. The van der Waals surface area contributed by atoms with Gasteiger partial charge >= 0.3 is 0 Å². The van der Waals surface area contributed by atoms with Gasteiger partial charge in [-0.1, -0.05) is 12.1 Å². The fourth-order valence-corrected chi connectivity index (χ4v) is 2.87. The van der Waals surface area contributed by atoms with Crippen molar-refractivity contribution in [1.29, 1.82) is 0 Å². The van der Waals surface area contributed by atoms with Crippen molar-refractivity contribution >= 4 is 39.3 Å². The number of hydrogen-bond donors (Lipinski definition) is 3. The number of benzene rings is 1. The van der Waals surface area contributed by atoms with Crippen molar-refractivity contribution in [2.45, 2.75) is 6.42 Å². The third-order valence-electron chi connectivity index (χ3n) is 4.03. The molecule has 3 amide bonds. The van der Waals surface area contributed by atoms with Crippen LogP contribution in [-0.4, -0.2) is 35.8 Å². The van der Waals surface area contributed by atoms with Gasteiger partial charge in [0.1, 0.15) is 0 Å². The van der Waals surface area contributed by atoms with Crippen molar-refractivity contribution < 1.29 is 18.8 Å². The lowest BCUT2D eigenvalue weighted by atomic mass is 10.1. The summed E-state index contributed by atoms with van der Waals surface area (Å²) in [4.78, 5) is 39.9. The molecule has 0 aliphatic heterocycles. The quantitative estimate of drug-likeness (QED) is 0.438. The van der Waals surface area contributed by atoms with Gasteiger partial charge < -0.3 is 20.4 Å². The molecule has 0 atom stereocenters. The number of carbonyl (C=O) groups is 3. The summed E-state index contributed by atoms with van der Waals surface area (Å²) in [6.07, 6.45) is 3.26. The monoisotopic (exact) mass is 470 g/mol. The van der Waals surface area contributed by atoms with Crippen LogP contribution < -0.4 is 16.0 Å². The Morgan fingerprint density at radius 3 is 2.37 bits per heavy atom. The number of anilines is 1. The molecule has 3 rings (SSSR count). The zero-order chi connectivity index (χ0) is 21.3. The summed E-state index contributed by atoms with van der Waals surface area (Å²) in [6.45, 7) is 0.630. The SMILES string of the molecule is O=C(Cc1ccc(NC(=O)c2ccc(Br)o2)cc1)NCCNC(=O)c1cccnc1. The molecular formula is C21H19BrN4O4. The molecule has 0 bridgehead atoms. The Morgan fingerprint density at radius 2 is 1.70 bits per heavy atom. The first-order valence-electron chi connectivity index (χ1n) is 9.12. The predicted octanol–water partition coefficient (Wildman–Crippen LogP) is 2.78. The van der Waals surface area contributed by atoms with Crippen molar-refractivity contribution in [1.82, 2.24) is 15.6 Å². The Bertz CT molecular complexity index is 1020. The summed E-state index contributed by atoms with van der Waals surface area (Å²) >= 11 is 3.15. The number of aromatic nitrogens is 1. The van der Waals surface area contributed by atoms with E-state index < -0.39 is 0 Å². The van der Waals surface area contributed by atoms with Crippen molar-refractivity contribution in [2.24, 2.45) is 0 Å². The molecule has 0 aliphatic carbocycles. The van der Waals surface area contributed by atoms with Crippen molar-refractivity contribution in [2.75, 3.05) is 18.4 Å². The van der Waals surface area contributed by atoms with Crippen LogP contribution in [0.25, 0.3) is 0 Å². The number of hydrogen-bond acceptors (Lipinski definition) is 5. The second-order valence-electron chi connectivity index (χ2n) is 6.28. The van der Waals surface area contributed by atoms with Crippen LogP contribution in [0.5, 0.6) is 0 Å². The average Bonchev–Trinajstić information content (AvgIpc) is 3.19. The standard InChI is InChI=1S/C21H19BrN4O4/c22-18-8-7-17(30-18)21(29)26-16-5-3-14(4-6-16)12-19(27)24-10-11-25-20(28)15-2-1-9-23-13-15/h1-9,13H,10-12H2,(H,24,27)(H,25,28)(H,26,29). The van der Waals surface area contributed by atoms with E-state index in [0.29, 0.717) is 29.0 Å². The Hall–Kier alpha value is -3.46. The maximum atomic E-state index is 12.1. The van der Waals surface area contributed by atoms with E-state index in [1.165, 1.54) is 6.20 Å². The molecular weight excluding hydrogens is 452 g/mol. The van der Waals surface area contributed by atoms with Crippen LogP contribution in [0.2, 0.25) is 0 Å². The molecule has 0 saturated heterocycles. The van der Waals surface area contributed by atoms with Gasteiger partial charge in [0, 0.05) is 31.2 Å². The Kier molecular flexibility index (Phi) is 7.34.